The summed E-state index contributed by atoms with van der Waals surface area (Å²) in [6, 6.07) is 12.3. The average molecular weight is 434 g/mol. The quantitative estimate of drug-likeness (QED) is 0.705. The molecule has 2 aromatic rings. The molecule has 0 aliphatic carbocycles. The van der Waals surface area contributed by atoms with Crippen LogP contribution in [0.4, 0.5) is 10.1 Å². The van der Waals surface area contributed by atoms with Gasteiger partial charge in [0.15, 0.2) is 16.4 Å². The molecule has 0 aromatic heterocycles. The van der Waals surface area contributed by atoms with Crippen LogP contribution in [0.2, 0.25) is 0 Å². The molecular formula is C21H23FN2O5S. The van der Waals surface area contributed by atoms with Crippen molar-refractivity contribution in [3.05, 3.63) is 54.3 Å². The minimum absolute atomic E-state index is 0.0713. The maximum Gasteiger partial charge on any atom is 0.260 e. The Morgan fingerprint density at radius 2 is 1.80 bits per heavy atom. The van der Waals surface area contributed by atoms with E-state index in [4.69, 9.17) is 4.74 Å². The Morgan fingerprint density at radius 3 is 2.43 bits per heavy atom. The van der Waals surface area contributed by atoms with Crippen LogP contribution in [0.25, 0.3) is 0 Å². The van der Waals surface area contributed by atoms with Crippen molar-refractivity contribution in [1.82, 2.24) is 4.90 Å². The standard InChI is InChI=1S/C21H23FN2O5S/c1-30(27,28)17-7-8-18(22)19(13-17)23-21(26)15-9-11-24(12-10-15)20(25)14-29-16-5-3-2-4-6-16/h2-8,13,15H,9-12,14H2,1H3,(H,23,26). The molecule has 1 saturated heterocycles. The van der Waals surface area contributed by atoms with Gasteiger partial charge in [0.1, 0.15) is 11.6 Å². The number of halogens is 1. The molecule has 0 atom stereocenters. The molecule has 1 heterocycles. The maximum atomic E-state index is 14.0. The van der Waals surface area contributed by atoms with E-state index in [1.165, 1.54) is 0 Å². The first kappa shape index (κ1) is 21.8. The van der Waals surface area contributed by atoms with Crippen molar-refractivity contribution in [3.8, 4) is 5.75 Å². The second-order valence-electron chi connectivity index (χ2n) is 7.16. The number of hydrogen-bond donors (Lipinski definition) is 1. The van der Waals surface area contributed by atoms with Gasteiger partial charge in [-0.05, 0) is 43.2 Å². The fourth-order valence-corrected chi connectivity index (χ4v) is 3.86. The van der Waals surface area contributed by atoms with Crippen LogP contribution in [0.5, 0.6) is 5.75 Å². The monoisotopic (exact) mass is 434 g/mol. The number of likely N-dealkylation sites (tertiary alicyclic amines) is 1. The lowest BCUT2D eigenvalue weighted by atomic mass is 9.95. The number of nitrogens with one attached hydrogen (secondary N) is 1. The third-order valence-electron chi connectivity index (χ3n) is 4.95. The van der Waals surface area contributed by atoms with E-state index in [0.717, 1.165) is 24.5 Å². The second-order valence-corrected chi connectivity index (χ2v) is 9.18. The van der Waals surface area contributed by atoms with Gasteiger partial charge in [0.2, 0.25) is 5.91 Å². The van der Waals surface area contributed by atoms with Gasteiger partial charge >= 0.3 is 0 Å². The number of carbonyl (C=O) groups is 2. The highest BCUT2D eigenvalue weighted by Crippen LogP contribution is 2.23. The highest BCUT2D eigenvalue weighted by molar-refractivity contribution is 7.90. The van der Waals surface area contributed by atoms with E-state index in [2.05, 4.69) is 5.32 Å². The number of nitrogens with zero attached hydrogens (tertiary/aromatic N) is 1. The molecule has 2 aromatic carbocycles. The van der Waals surface area contributed by atoms with E-state index < -0.39 is 27.5 Å². The van der Waals surface area contributed by atoms with Crippen LogP contribution in [-0.2, 0) is 19.4 Å². The van der Waals surface area contributed by atoms with Crippen molar-refractivity contribution in [1.29, 1.82) is 0 Å². The molecule has 30 heavy (non-hydrogen) atoms. The molecule has 1 fully saturated rings. The predicted octanol–water partition coefficient (Wildman–Crippen LogP) is 2.49. The van der Waals surface area contributed by atoms with Gasteiger partial charge in [0, 0.05) is 25.3 Å². The molecule has 3 rings (SSSR count). The van der Waals surface area contributed by atoms with Crippen LogP contribution >= 0.6 is 0 Å². The Balaban J connectivity index is 1.52. The van der Waals surface area contributed by atoms with Crippen molar-refractivity contribution >= 4 is 27.3 Å². The Morgan fingerprint density at radius 1 is 1.13 bits per heavy atom. The summed E-state index contributed by atoms with van der Waals surface area (Å²) >= 11 is 0. The summed E-state index contributed by atoms with van der Waals surface area (Å²) in [6.07, 6.45) is 1.87. The largest absolute Gasteiger partial charge is 0.484 e. The minimum atomic E-state index is -3.52. The molecular weight excluding hydrogens is 411 g/mol. The lowest BCUT2D eigenvalue weighted by Gasteiger charge is -2.31. The SMILES string of the molecule is CS(=O)(=O)c1ccc(F)c(NC(=O)C2CCN(C(=O)COc3ccccc3)CC2)c1. The van der Waals surface area contributed by atoms with E-state index in [-0.39, 0.29) is 23.1 Å². The summed E-state index contributed by atoms with van der Waals surface area (Å²) in [6.45, 7) is 0.701. The first-order valence-corrected chi connectivity index (χ1v) is 11.4. The van der Waals surface area contributed by atoms with Crippen molar-refractivity contribution in [2.75, 3.05) is 31.3 Å². The second kappa shape index (κ2) is 9.25. The van der Waals surface area contributed by atoms with Gasteiger partial charge in [-0.1, -0.05) is 18.2 Å². The van der Waals surface area contributed by atoms with Gasteiger partial charge in [0.25, 0.3) is 5.91 Å². The zero-order chi connectivity index (χ0) is 21.7. The number of anilines is 1. The van der Waals surface area contributed by atoms with Gasteiger partial charge in [-0.3, -0.25) is 9.59 Å². The van der Waals surface area contributed by atoms with Crippen LogP contribution in [0.15, 0.2) is 53.4 Å². The van der Waals surface area contributed by atoms with Crippen LogP contribution in [0, 0.1) is 11.7 Å². The van der Waals surface area contributed by atoms with Crippen LogP contribution in [0.3, 0.4) is 0 Å². The van der Waals surface area contributed by atoms with Crippen molar-refractivity contribution in [2.45, 2.75) is 17.7 Å². The molecule has 0 bridgehead atoms. The smallest absolute Gasteiger partial charge is 0.260 e. The Kier molecular flexibility index (Phi) is 6.71. The molecule has 9 heteroatoms. The third kappa shape index (κ3) is 5.56. The van der Waals surface area contributed by atoms with Crippen LogP contribution in [-0.4, -0.2) is 51.1 Å². The highest BCUT2D eigenvalue weighted by atomic mass is 32.2. The maximum absolute atomic E-state index is 14.0. The summed E-state index contributed by atoms with van der Waals surface area (Å²) in [5.41, 5.74) is -0.169. The number of para-hydroxylation sites is 1. The summed E-state index contributed by atoms with van der Waals surface area (Å²) in [5.74, 6) is -1.05. The fourth-order valence-electron chi connectivity index (χ4n) is 3.21. The molecule has 0 saturated carbocycles. The number of carbonyl (C=O) groups excluding carboxylic acids is 2. The van der Waals surface area contributed by atoms with Gasteiger partial charge in [-0.25, -0.2) is 12.8 Å². The lowest BCUT2D eigenvalue weighted by Crippen LogP contribution is -2.43. The van der Waals surface area contributed by atoms with Crippen molar-refractivity contribution in [3.63, 3.8) is 0 Å². The number of piperidine rings is 1. The third-order valence-corrected chi connectivity index (χ3v) is 6.06. The first-order valence-electron chi connectivity index (χ1n) is 9.50. The predicted molar refractivity (Wildman–Crippen MR) is 109 cm³/mol. The molecule has 1 aliphatic heterocycles. The highest BCUT2D eigenvalue weighted by Gasteiger charge is 2.28. The lowest BCUT2D eigenvalue weighted by molar-refractivity contribution is -0.136. The topological polar surface area (TPSA) is 92.8 Å². The summed E-state index contributed by atoms with van der Waals surface area (Å²) < 4.78 is 42.8. The van der Waals surface area contributed by atoms with E-state index in [9.17, 15) is 22.4 Å². The molecule has 160 valence electrons. The molecule has 1 aliphatic rings. The Labute approximate surface area is 174 Å². The van der Waals surface area contributed by atoms with E-state index in [1.54, 1.807) is 17.0 Å². The van der Waals surface area contributed by atoms with Crippen LogP contribution in [0.1, 0.15) is 12.8 Å². The van der Waals surface area contributed by atoms with Crippen molar-refractivity contribution in [2.24, 2.45) is 5.92 Å². The molecule has 0 radical (unpaired) electrons. The van der Waals surface area contributed by atoms with E-state index in [0.29, 0.717) is 31.7 Å². The first-order chi connectivity index (χ1) is 14.2. The Bertz CT molecular complexity index is 1020. The van der Waals surface area contributed by atoms with Crippen molar-refractivity contribution < 1.29 is 27.1 Å². The number of ether oxygens (including phenoxy) is 1. The number of sulfone groups is 1. The fraction of sp³-hybridized carbons (Fsp3) is 0.333. The zero-order valence-corrected chi connectivity index (χ0v) is 17.3. The van der Waals surface area contributed by atoms with E-state index in [1.807, 2.05) is 18.2 Å². The van der Waals surface area contributed by atoms with Gasteiger partial charge < -0.3 is 15.0 Å². The zero-order valence-electron chi connectivity index (χ0n) is 16.5. The molecule has 0 spiro atoms. The van der Waals surface area contributed by atoms with Crippen LogP contribution < -0.4 is 10.1 Å². The normalized spacial score (nSPS) is 14.9. The Hall–Kier alpha value is -2.94. The number of amides is 2. The number of rotatable bonds is 6. The number of hydrogen-bond acceptors (Lipinski definition) is 5. The summed E-state index contributed by atoms with van der Waals surface area (Å²) in [5, 5.41) is 2.48. The van der Waals surface area contributed by atoms with Gasteiger partial charge in [-0.15, -0.1) is 0 Å². The molecule has 7 nitrogen and oxygen atoms in total. The van der Waals surface area contributed by atoms with Gasteiger partial charge in [0.05, 0.1) is 10.6 Å². The summed E-state index contributed by atoms with van der Waals surface area (Å²) in [4.78, 5) is 26.4. The number of benzene rings is 2. The molecule has 2 amide bonds. The van der Waals surface area contributed by atoms with E-state index >= 15 is 0 Å². The average Bonchev–Trinajstić information content (AvgIpc) is 2.73. The molecule has 0 unspecified atom stereocenters. The minimum Gasteiger partial charge on any atom is -0.484 e. The molecule has 1 N–H and O–H groups in total. The summed E-state index contributed by atoms with van der Waals surface area (Å²) in [7, 11) is -3.52. The van der Waals surface area contributed by atoms with Gasteiger partial charge in [-0.2, -0.15) is 0 Å².